The van der Waals surface area contributed by atoms with Gasteiger partial charge in [0.25, 0.3) is 5.56 Å². The van der Waals surface area contributed by atoms with Crippen LogP contribution in [0.5, 0.6) is 0 Å². The molecule has 26 heavy (non-hydrogen) atoms. The Balaban J connectivity index is 1.45. The van der Waals surface area contributed by atoms with Gasteiger partial charge in [0.2, 0.25) is 0 Å². The van der Waals surface area contributed by atoms with Gasteiger partial charge in [-0.25, -0.2) is 0 Å². The SMILES string of the molecule is O=c1ccc(-c2ccco2)c2n1CC1CC2CN(CC2CCCCC2)C1. The second kappa shape index (κ2) is 6.73. The molecule has 2 unspecified atom stereocenters. The topological polar surface area (TPSA) is 38.4 Å². The fourth-order valence-corrected chi connectivity index (χ4v) is 5.64. The number of likely N-dealkylation sites (tertiary alicyclic amines) is 1. The van der Waals surface area contributed by atoms with Crippen LogP contribution >= 0.6 is 0 Å². The minimum absolute atomic E-state index is 0.144. The van der Waals surface area contributed by atoms with Crippen molar-refractivity contribution in [2.75, 3.05) is 19.6 Å². The number of rotatable bonds is 3. The lowest BCUT2D eigenvalue weighted by Gasteiger charge is -2.44. The van der Waals surface area contributed by atoms with E-state index in [1.165, 1.54) is 50.8 Å². The maximum atomic E-state index is 12.5. The molecule has 0 aromatic carbocycles. The van der Waals surface area contributed by atoms with E-state index in [9.17, 15) is 4.79 Å². The Hall–Kier alpha value is -1.81. The van der Waals surface area contributed by atoms with E-state index in [2.05, 4.69) is 4.90 Å². The Kier molecular flexibility index (Phi) is 4.24. The summed E-state index contributed by atoms with van der Waals surface area (Å²) in [5.41, 5.74) is 2.46. The van der Waals surface area contributed by atoms with Crippen LogP contribution < -0.4 is 5.56 Å². The number of furan rings is 1. The van der Waals surface area contributed by atoms with Crippen molar-refractivity contribution in [2.24, 2.45) is 11.8 Å². The maximum absolute atomic E-state index is 12.5. The Morgan fingerprint density at radius 2 is 1.92 bits per heavy atom. The van der Waals surface area contributed by atoms with Crippen LogP contribution in [0.3, 0.4) is 0 Å². The molecule has 0 spiro atoms. The minimum atomic E-state index is 0.144. The van der Waals surface area contributed by atoms with Crippen LogP contribution in [0.15, 0.2) is 39.7 Å². The van der Waals surface area contributed by atoms with E-state index in [-0.39, 0.29) is 5.56 Å². The largest absolute Gasteiger partial charge is 0.464 e. The molecule has 138 valence electrons. The Morgan fingerprint density at radius 3 is 2.73 bits per heavy atom. The van der Waals surface area contributed by atoms with Crippen LogP contribution in [0, 0.1) is 11.8 Å². The van der Waals surface area contributed by atoms with Gasteiger partial charge in [-0.15, -0.1) is 0 Å². The molecule has 2 atom stereocenters. The number of hydrogen-bond donors (Lipinski definition) is 0. The normalized spacial score (nSPS) is 26.6. The quantitative estimate of drug-likeness (QED) is 0.834. The fourth-order valence-electron chi connectivity index (χ4n) is 5.64. The van der Waals surface area contributed by atoms with Crippen LogP contribution in [0.25, 0.3) is 11.3 Å². The Morgan fingerprint density at radius 1 is 1.04 bits per heavy atom. The summed E-state index contributed by atoms with van der Waals surface area (Å²) in [5.74, 6) is 2.82. The van der Waals surface area contributed by atoms with Crippen molar-refractivity contribution in [1.82, 2.24) is 9.47 Å². The first-order valence-corrected chi connectivity index (χ1v) is 10.3. The molecule has 4 nitrogen and oxygen atoms in total. The van der Waals surface area contributed by atoms with E-state index in [4.69, 9.17) is 4.42 Å². The summed E-state index contributed by atoms with van der Waals surface area (Å²) in [5, 5.41) is 0. The molecule has 5 rings (SSSR count). The molecule has 2 bridgehead atoms. The molecule has 2 aromatic heterocycles. The third-order valence-corrected chi connectivity index (χ3v) is 6.69. The van der Waals surface area contributed by atoms with Gasteiger partial charge in [0, 0.05) is 49.4 Å². The van der Waals surface area contributed by atoms with Gasteiger partial charge in [0.1, 0.15) is 5.76 Å². The predicted octanol–water partition coefficient (Wildman–Crippen LogP) is 4.11. The summed E-state index contributed by atoms with van der Waals surface area (Å²) in [6.07, 6.45) is 9.97. The zero-order valence-corrected chi connectivity index (χ0v) is 15.4. The number of nitrogens with zero attached hydrogens (tertiary/aromatic N) is 2. The van der Waals surface area contributed by atoms with Crippen molar-refractivity contribution in [3.63, 3.8) is 0 Å². The fraction of sp³-hybridized carbons (Fsp3) is 0.591. The molecule has 2 fully saturated rings. The molecular formula is C22H28N2O2. The molecule has 0 radical (unpaired) electrons. The lowest BCUT2D eigenvalue weighted by Crippen LogP contribution is -2.48. The van der Waals surface area contributed by atoms with Gasteiger partial charge in [0.15, 0.2) is 0 Å². The number of piperidine rings is 1. The number of fused-ring (bicyclic) bond motifs is 4. The molecule has 1 aliphatic carbocycles. The molecular weight excluding hydrogens is 324 g/mol. The smallest absolute Gasteiger partial charge is 0.250 e. The van der Waals surface area contributed by atoms with Crippen LogP contribution in [0.4, 0.5) is 0 Å². The standard InChI is InChI=1S/C22H28N2O2/c25-21-9-8-19(20-7-4-10-26-20)22-18-11-17(14-24(21)22)13-23(15-18)12-16-5-2-1-3-6-16/h4,7-10,16-18H,1-3,5-6,11-15H2. The first kappa shape index (κ1) is 16.4. The average Bonchev–Trinajstić information content (AvgIpc) is 3.18. The summed E-state index contributed by atoms with van der Waals surface area (Å²) in [4.78, 5) is 15.2. The van der Waals surface area contributed by atoms with Crippen molar-refractivity contribution in [3.05, 3.63) is 46.6 Å². The highest BCUT2D eigenvalue weighted by Crippen LogP contribution is 2.40. The van der Waals surface area contributed by atoms with Gasteiger partial charge in [-0.05, 0) is 49.3 Å². The van der Waals surface area contributed by atoms with Crippen LogP contribution in [0.2, 0.25) is 0 Å². The van der Waals surface area contributed by atoms with Crippen molar-refractivity contribution < 1.29 is 4.42 Å². The first-order valence-electron chi connectivity index (χ1n) is 10.3. The van der Waals surface area contributed by atoms with E-state index in [1.807, 2.05) is 22.8 Å². The summed E-state index contributed by atoms with van der Waals surface area (Å²) in [6, 6.07) is 7.62. The highest BCUT2D eigenvalue weighted by atomic mass is 16.3. The second-order valence-corrected chi connectivity index (χ2v) is 8.58. The third kappa shape index (κ3) is 2.94. The van der Waals surface area contributed by atoms with Crippen LogP contribution in [-0.4, -0.2) is 29.1 Å². The van der Waals surface area contributed by atoms with E-state index >= 15 is 0 Å². The minimum Gasteiger partial charge on any atom is -0.464 e. The third-order valence-electron chi connectivity index (χ3n) is 6.69. The van der Waals surface area contributed by atoms with Crippen molar-refractivity contribution >= 4 is 0 Å². The summed E-state index contributed by atoms with van der Waals surface area (Å²) >= 11 is 0. The Labute approximate surface area is 154 Å². The van der Waals surface area contributed by atoms with Crippen LogP contribution in [-0.2, 0) is 6.54 Å². The van der Waals surface area contributed by atoms with Crippen molar-refractivity contribution in [3.8, 4) is 11.3 Å². The summed E-state index contributed by atoms with van der Waals surface area (Å²) < 4.78 is 7.72. The lowest BCUT2D eigenvalue weighted by molar-refractivity contribution is 0.0969. The average molecular weight is 352 g/mol. The second-order valence-electron chi connectivity index (χ2n) is 8.58. The van der Waals surface area contributed by atoms with Gasteiger partial charge in [-0.2, -0.15) is 0 Å². The number of pyridine rings is 1. The van der Waals surface area contributed by atoms with E-state index < -0.39 is 0 Å². The lowest BCUT2D eigenvalue weighted by atomic mass is 9.80. The highest BCUT2D eigenvalue weighted by Gasteiger charge is 2.37. The van der Waals surface area contributed by atoms with Crippen molar-refractivity contribution in [1.29, 1.82) is 0 Å². The van der Waals surface area contributed by atoms with E-state index in [1.54, 1.807) is 12.3 Å². The maximum Gasteiger partial charge on any atom is 0.250 e. The monoisotopic (exact) mass is 352 g/mol. The molecule has 0 N–H and O–H groups in total. The van der Waals surface area contributed by atoms with Crippen LogP contribution in [0.1, 0.15) is 50.1 Å². The molecule has 1 saturated carbocycles. The number of aromatic nitrogens is 1. The summed E-state index contributed by atoms with van der Waals surface area (Å²) in [7, 11) is 0. The highest BCUT2D eigenvalue weighted by molar-refractivity contribution is 5.61. The van der Waals surface area contributed by atoms with Crippen molar-refractivity contribution in [2.45, 2.75) is 51.0 Å². The first-order chi connectivity index (χ1) is 12.8. The van der Waals surface area contributed by atoms with Gasteiger partial charge in [-0.3, -0.25) is 4.79 Å². The van der Waals surface area contributed by atoms with E-state index in [0.29, 0.717) is 11.8 Å². The molecule has 2 aliphatic heterocycles. The zero-order chi connectivity index (χ0) is 17.5. The zero-order valence-electron chi connectivity index (χ0n) is 15.4. The van der Waals surface area contributed by atoms with Gasteiger partial charge < -0.3 is 13.9 Å². The molecule has 2 aromatic rings. The van der Waals surface area contributed by atoms with Gasteiger partial charge in [-0.1, -0.05) is 19.3 Å². The van der Waals surface area contributed by atoms with Gasteiger partial charge >= 0.3 is 0 Å². The van der Waals surface area contributed by atoms with E-state index in [0.717, 1.165) is 36.9 Å². The molecule has 0 amide bonds. The molecule has 1 saturated heterocycles. The summed E-state index contributed by atoms with van der Waals surface area (Å²) in [6.45, 7) is 4.36. The molecule has 4 heteroatoms. The Bertz CT molecular complexity index is 817. The van der Waals surface area contributed by atoms with Gasteiger partial charge in [0.05, 0.1) is 6.26 Å². The molecule has 3 aliphatic rings. The molecule has 4 heterocycles. The predicted molar refractivity (Wildman–Crippen MR) is 102 cm³/mol. The number of hydrogen-bond acceptors (Lipinski definition) is 3.